The summed E-state index contributed by atoms with van der Waals surface area (Å²) in [7, 11) is 0. The van der Waals surface area contributed by atoms with E-state index in [0.29, 0.717) is 43.1 Å². The molecule has 3 heterocycles. The van der Waals surface area contributed by atoms with E-state index in [1.165, 1.54) is 12.1 Å². The smallest absolute Gasteiger partial charge is 0.416 e. The second-order valence-corrected chi connectivity index (χ2v) is 10.4. The van der Waals surface area contributed by atoms with Gasteiger partial charge in [0.25, 0.3) is 5.91 Å². The Balaban J connectivity index is 1.04. The van der Waals surface area contributed by atoms with Crippen LogP contribution in [0.25, 0.3) is 0 Å². The number of benzene rings is 2. The minimum absolute atomic E-state index is 0.0740. The zero-order chi connectivity index (χ0) is 28.8. The summed E-state index contributed by atoms with van der Waals surface area (Å²) >= 11 is 0. The molecule has 1 N–H and O–H groups in total. The Labute approximate surface area is 236 Å². The number of alkyl halides is 3. The van der Waals surface area contributed by atoms with Crippen molar-refractivity contribution in [3.05, 3.63) is 83.0 Å². The van der Waals surface area contributed by atoms with Gasteiger partial charge in [-0.3, -0.25) is 9.69 Å². The first-order valence-electron chi connectivity index (χ1n) is 13.7. The van der Waals surface area contributed by atoms with E-state index < -0.39 is 11.7 Å². The Hall–Kier alpha value is -4.17. The van der Waals surface area contributed by atoms with Crippen LogP contribution < -0.4 is 15.0 Å². The van der Waals surface area contributed by atoms with Crippen molar-refractivity contribution >= 4 is 11.7 Å². The highest BCUT2D eigenvalue weighted by Gasteiger charge is 2.30. The number of hydrogen-bond donors (Lipinski definition) is 1. The van der Waals surface area contributed by atoms with Gasteiger partial charge < -0.3 is 15.0 Å². The van der Waals surface area contributed by atoms with Crippen LogP contribution in [-0.4, -0.2) is 59.3 Å². The van der Waals surface area contributed by atoms with Crippen molar-refractivity contribution in [2.45, 2.75) is 50.6 Å². The van der Waals surface area contributed by atoms with E-state index in [9.17, 15) is 18.0 Å². The molecule has 0 spiro atoms. The summed E-state index contributed by atoms with van der Waals surface area (Å²) in [4.78, 5) is 17.2. The average molecular weight is 565 g/mol. The molecule has 0 aliphatic carbocycles. The van der Waals surface area contributed by atoms with Crippen LogP contribution in [0.4, 0.5) is 19.0 Å². The lowest BCUT2D eigenvalue weighted by molar-refractivity contribution is -0.137. The van der Waals surface area contributed by atoms with Gasteiger partial charge in [0.15, 0.2) is 11.5 Å². The number of ether oxygens (including phenoxy) is 1. The SMILES string of the molecule is N#Cc1ccc(CN2CCC(NC(=O)c3ccc(N4CCC(Oc5ccc(C(F)(F)F)cc5)CC4)nn3)CC2)cc1. The minimum atomic E-state index is -4.37. The second kappa shape index (κ2) is 12.6. The molecule has 2 aliphatic rings. The van der Waals surface area contributed by atoms with Crippen LogP contribution in [0.2, 0.25) is 0 Å². The van der Waals surface area contributed by atoms with Crippen LogP contribution in [0.15, 0.2) is 60.7 Å². The van der Waals surface area contributed by atoms with E-state index in [0.717, 1.165) is 50.2 Å². The topological polar surface area (TPSA) is 94.4 Å². The first-order valence-corrected chi connectivity index (χ1v) is 13.7. The number of nitrogens with one attached hydrogen (secondary N) is 1. The number of piperidine rings is 2. The molecular weight excluding hydrogens is 533 g/mol. The molecule has 0 bridgehead atoms. The number of aromatic nitrogens is 2. The second-order valence-electron chi connectivity index (χ2n) is 10.4. The van der Waals surface area contributed by atoms with Crippen LogP contribution >= 0.6 is 0 Å². The fraction of sp³-hybridized carbons (Fsp3) is 0.400. The number of anilines is 1. The molecule has 1 amide bonds. The summed E-state index contributed by atoms with van der Waals surface area (Å²) in [6, 6.07) is 18.1. The van der Waals surface area contributed by atoms with E-state index in [2.05, 4.69) is 31.4 Å². The van der Waals surface area contributed by atoms with Crippen molar-refractivity contribution in [3.63, 3.8) is 0 Å². The molecule has 2 aromatic carbocycles. The highest BCUT2D eigenvalue weighted by Crippen LogP contribution is 2.31. The summed E-state index contributed by atoms with van der Waals surface area (Å²) in [5.74, 6) is 0.854. The lowest BCUT2D eigenvalue weighted by Gasteiger charge is -2.33. The number of rotatable bonds is 7. The van der Waals surface area contributed by atoms with Gasteiger partial charge in [0.05, 0.1) is 17.2 Å². The fourth-order valence-electron chi connectivity index (χ4n) is 5.17. The van der Waals surface area contributed by atoms with Gasteiger partial charge in [-0.15, -0.1) is 10.2 Å². The van der Waals surface area contributed by atoms with Gasteiger partial charge in [-0.05, 0) is 66.9 Å². The zero-order valence-corrected chi connectivity index (χ0v) is 22.5. The van der Waals surface area contributed by atoms with E-state index in [1.54, 1.807) is 12.1 Å². The summed E-state index contributed by atoms with van der Waals surface area (Å²) in [6.07, 6.45) is -1.40. The monoisotopic (exact) mass is 564 g/mol. The van der Waals surface area contributed by atoms with Gasteiger partial charge in [-0.25, -0.2) is 0 Å². The average Bonchev–Trinajstić information content (AvgIpc) is 2.99. The Morgan fingerprint density at radius 1 is 0.927 bits per heavy atom. The predicted molar refractivity (Wildman–Crippen MR) is 146 cm³/mol. The molecule has 5 rings (SSSR count). The van der Waals surface area contributed by atoms with Crippen molar-refractivity contribution in [2.24, 2.45) is 0 Å². The van der Waals surface area contributed by atoms with Gasteiger partial charge in [0, 0.05) is 51.6 Å². The largest absolute Gasteiger partial charge is 0.490 e. The number of carbonyl (C=O) groups excluding carboxylic acids is 1. The van der Waals surface area contributed by atoms with Crippen LogP contribution in [0.3, 0.4) is 0 Å². The molecule has 0 unspecified atom stereocenters. The molecular formula is C30H31F3N6O2. The number of likely N-dealkylation sites (tertiary alicyclic amines) is 1. The molecule has 0 radical (unpaired) electrons. The van der Waals surface area contributed by atoms with Crippen LogP contribution in [-0.2, 0) is 12.7 Å². The molecule has 1 aromatic heterocycles. The molecule has 41 heavy (non-hydrogen) atoms. The molecule has 2 fully saturated rings. The minimum Gasteiger partial charge on any atom is -0.490 e. The van der Waals surface area contributed by atoms with Crippen LogP contribution in [0.1, 0.15) is 52.9 Å². The van der Waals surface area contributed by atoms with E-state index in [4.69, 9.17) is 10.00 Å². The lowest BCUT2D eigenvalue weighted by atomic mass is 10.0. The fourth-order valence-corrected chi connectivity index (χ4v) is 5.17. The highest BCUT2D eigenvalue weighted by atomic mass is 19.4. The standard InChI is InChI=1S/C30H31F3N6O2/c31-30(32,33)23-5-7-25(8-6-23)41-26-13-17-39(18-14-26)28-10-9-27(36-37-28)29(40)35-24-11-15-38(16-12-24)20-22-3-1-21(19-34)2-4-22/h1-10,24,26H,11-18,20H2,(H,35,40). The molecule has 2 saturated heterocycles. The molecule has 0 atom stereocenters. The van der Waals surface area contributed by atoms with Crippen molar-refractivity contribution < 1.29 is 22.7 Å². The van der Waals surface area contributed by atoms with Crippen molar-refractivity contribution in [1.29, 1.82) is 5.26 Å². The number of amides is 1. The summed E-state index contributed by atoms with van der Waals surface area (Å²) < 4.78 is 44.2. The highest BCUT2D eigenvalue weighted by molar-refractivity contribution is 5.92. The molecule has 3 aromatic rings. The summed E-state index contributed by atoms with van der Waals surface area (Å²) in [5.41, 5.74) is 1.39. The Bertz CT molecular complexity index is 1340. The molecule has 0 saturated carbocycles. The van der Waals surface area contributed by atoms with Crippen molar-refractivity contribution in [1.82, 2.24) is 20.4 Å². The predicted octanol–water partition coefficient (Wildman–Crippen LogP) is 4.81. The Morgan fingerprint density at radius 2 is 1.61 bits per heavy atom. The van der Waals surface area contributed by atoms with Gasteiger partial charge in [0.2, 0.25) is 0 Å². The Kier molecular flexibility index (Phi) is 8.69. The number of carbonyl (C=O) groups is 1. The molecule has 214 valence electrons. The van der Waals surface area contributed by atoms with Gasteiger partial charge in [0.1, 0.15) is 11.9 Å². The number of halogens is 3. The van der Waals surface area contributed by atoms with Gasteiger partial charge in [-0.1, -0.05) is 12.1 Å². The number of nitriles is 1. The molecule has 8 nitrogen and oxygen atoms in total. The first kappa shape index (κ1) is 28.4. The quantitative estimate of drug-likeness (QED) is 0.440. The summed E-state index contributed by atoms with van der Waals surface area (Å²) in [6.45, 7) is 3.87. The van der Waals surface area contributed by atoms with Gasteiger partial charge in [-0.2, -0.15) is 18.4 Å². The van der Waals surface area contributed by atoms with Crippen molar-refractivity contribution in [2.75, 3.05) is 31.1 Å². The number of nitrogens with zero attached hydrogens (tertiary/aromatic N) is 5. The third-order valence-electron chi connectivity index (χ3n) is 7.55. The van der Waals surface area contributed by atoms with Crippen LogP contribution in [0.5, 0.6) is 5.75 Å². The Morgan fingerprint density at radius 3 is 2.20 bits per heavy atom. The van der Waals surface area contributed by atoms with E-state index in [-0.39, 0.29) is 23.7 Å². The third-order valence-corrected chi connectivity index (χ3v) is 7.55. The summed E-state index contributed by atoms with van der Waals surface area (Å²) in [5, 5.41) is 20.5. The zero-order valence-electron chi connectivity index (χ0n) is 22.5. The normalized spacial score (nSPS) is 17.2. The third kappa shape index (κ3) is 7.52. The number of hydrogen-bond acceptors (Lipinski definition) is 7. The van der Waals surface area contributed by atoms with Crippen LogP contribution in [0, 0.1) is 11.3 Å². The van der Waals surface area contributed by atoms with E-state index in [1.807, 2.05) is 24.3 Å². The maximum absolute atomic E-state index is 12.8. The lowest BCUT2D eigenvalue weighted by Crippen LogP contribution is -2.44. The van der Waals surface area contributed by atoms with Gasteiger partial charge >= 0.3 is 6.18 Å². The first-order chi connectivity index (χ1) is 19.8. The maximum atomic E-state index is 12.8. The van der Waals surface area contributed by atoms with Crippen molar-refractivity contribution in [3.8, 4) is 11.8 Å². The molecule has 11 heteroatoms. The maximum Gasteiger partial charge on any atom is 0.416 e. The molecule has 2 aliphatic heterocycles. The van der Waals surface area contributed by atoms with E-state index >= 15 is 0 Å².